The summed E-state index contributed by atoms with van der Waals surface area (Å²) in [6.45, 7) is 3.45. The van der Waals surface area contributed by atoms with Crippen LogP contribution in [-0.4, -0.2) is 32.0 Å². The first-order valence-corrected chi connectivity index (χ1v) is 10.1. The normalized spacial score (nSPS) is 13.1. The van der Waals surface area contributed by atoms with E-state index >= 15 is 0 Å². The van der Waals surface area contributed by atoms with Gasteiger partial charge in [-0.05, 0) is 67.4 Å². The Kier molecular flexibility index (Phi) is 4.70. The van der Waals surface area contributed by atoms with Crippen LogP contribution in [0.5, 0.6) is 5.75 Å². The standard InChI is InChI=1S/C23H20N6O3/c1-2-18(30)25-14-5-7-15(8-6-14)29-21(19-20(28-29)23(31)27-26-22(19)24)13-3-9-16(10-4-13)32-17-11-12-17/h2-10,17H,1,11-12H2,(H2,24,26)(H,25,30)(H,27,31). The zero-order valence-electron chi connectivity index (χ0n) is 17.0. The maximum atomic E-state index is 12.4. The Balaban J connectivity index is 1.63. The van der Waals surface area contributed by atoms with Gasteiger partial charge in [-0.1, -0.05) is 6.58 Å². The third-order valence-corrected chi connectivity index (χ3v) is 5.15. The molecule has 160 valence electrons. The molecular formula is C23H20N6O3. The van der Waals surface area contributed by atoms with Crippen molar-refractivity contribution in [1.82, 2.24) is 20.0 Å². The number of nitrogens with zero attached hydrogens (tertiary/aromatic N) is 3. The van der Waals surface area contributed by atoms with Gasteiger partial charge in [-0.15, -0.1) is 0 Å². The number of hydrogen-bond donors (Lipinski definition) is 3. The van der Waals surface area contributed by atoms with Gasteiger partial charge in [0.2, 0.25) is 5.91 Å². The predicted octanol–water partition coefficient (Wildman–Crippen LogP) is 3.02. The Bertz CT molecular complexity index is 1380. The largest absolute Gasteiger partial charge is 0.490 e. The zero-order valence-corrected chi connectivity index (χ0v) is 17.0. The van der Waals surface area contributed by atoms with Crippen LogP contribution in [0.2, 0.25) is 0 Å². The van der Waals surface area contributed by atoms with Crippen molar-refractivity contribution in [3.63, 3.8) is 0 Å². The smallest absolute Gasteiger partial charge is 0.292 e. The van der Waals surface area contributed by atoms with Crippen LogP contribution in [0.1, 0.15) is 12.8 Å². The summed E-state index contributed by atoms with van der Waals surface area (Å²) in [4.78, 5) is 24.0. The average Bonchev–Trinajstić information content (AvgIpc) is 3.53. The Morgan fingerprint density at radius 2 is 1.91 bits per heavy atom. The number of amides is 1. The molecular weight excluding hydrogens is 408 g/mol. The number of H-pyrrole nitrogens is 1. The molecule has 1 aliphatic rings. The lowest BCUT2D eigenvalue weighted by atomic mass is 10.1. The lowest BCUT2D eigenvalue weighted by molar-refractivity contribution is -0.111. The number of fused-ring (bicyclic) bond motifs is 1. The molecule has 9 nitrogen and oxygen atoms in total. The van der Waals surface area contributed by atoms with Crippen LogP contribution in [0.3, 0.4) is 0 Å². The SMILES string of the molecule is C=CC(=O)Nc1ccc(-n2nc3c(=O)[nH]nc(N)c3c2-c2ccc(OC3CC3)cc2)cc1. The van der Waals surface area contributed by atoms with Crippen molar-refractivity contribution < 1.29 is 9.53 Å². The van der Waals surface area contributed by atoms with E-state index in [-0.39, 0.29) is 17.2 Å². The van der Waals surface area contributed by atoms with Gasteiger partial charge in [-0.3, -0.25) is 9.59 Å². The molecule has 0 bridgehead atoms. The first-order valence-electron chi connectivity index (χ1n) is 10.1. The Labute approximate surface area is 182 Å². The highest BCUT2D eigenvalue weighted by Crippen LogP contribution is 2.34. The number of nitrogens with one attached hydrogen (secondary N) is 2. The summed E-state index contributed by atoms with van der Waals surface area (Å²) in [5.41, 5.74) is 8.63. The molecule has 1 fully saturated rings. The molecule has 0 aliphatic heterocycles. The van der Waals surface area contributed by atoms with E-state index in [0.29, 0.717) is 28.6 Å². The number of rotatable bonds is 6. The van der Waals surface area contributed by atoms with Crippen molar-refractivity contribution in [2.75, 3.05) is 11.1 Å². The highest BCUT2D eigenvalue weighted by Gasteiger charge is 2.24. The molecule has 0 saturated heterocycles. The molecule has 1 amide bonds. The van der Waals surface area contributed by atoms with Gasteiger partial charge < -0.3 is 15.8 Å². The molecule has 1 aliphatic carbocycles. The lowest BCUT2D eigenvalue weighted by Crippen LogP contribution is -2.10. The van der Waals surface area contributed by atoms with Crippen LogP contribution in [0.25, 0.3) is 27.8 Å². The van der Waals surface area contributed by atoms with Crippen LogP contribution < -0.4 is 21.3 Å². The molecule has 5 rings (SSSR count). The third kappa shape index (κ3) is 3.60. The fourth-order valence-corrected chi connectivity index (χ4v) is 3.44. The fourth-order valence-electron chi connectivity index (χ4n) is 3.44. The maximum Gasteiger partial charge on any atom is 0.292 e. The van der Waals surface area contributed by atoms with Crippen molar-refractivity contribution >= 4 is 28.3 Å². The fraction of sp³-hybridized carbons (Fsp3) is 0.130. The van der Waals surface area contributed by atoms with Crippen LogP contribution in [0, 0.1) is 0 Å². The van der Waals surface area contributed by atoms with Gasteiger partial charge in [0.15, 0.2) is 11.3 Å². The minimum absolute atomic E-state index is 0.175. The van der Waals surface area contributed by atoms with E-state index in [1.807, 2.05) is 24.3 Å². The number of nitrogens with two attached hydrogens (primary N) is 1. The number of anilines is 2. The highest BCUT2D eigenvalue weighted by atomic mass is 16.5. The topological polar surface area (TPSA) is 128 Å². The number of nitrogen functional groups attached to an aromatic ring is 1. The van der Waals surface area contributed by atoms with Crippen molar-refractivity contribution in [2.24, 2.45) is 0 Å². The summed E-state index contributed by atoms with van der Waals surface area (Å²) in [7, 11) is 0. The van der Waals surface area contributed by atoms with Crippen LogP contribution >= 0.6 is 0 Å². The molecule has 9 heteroatoms. The molecule has 2 aromatic carbocycles. The van der Waals surface area contributed by atoms with E-state index in [4.69, 9.17) is 10.5 Å². The molecule has 32 heavy (non-hydrogen) atoms. The molecule has 0 atom stereocenters. The van der Waals surface area contributed by atoms with Gasteiger partial charge in [0.05, 0.1) is 22.9 Å². The van der Waals surface area contributed by atoms with Gasteiger partial charge in [0.1, 0.15) is 5.75 Å². The second-order valence-corrected chi connectivity index (χ2v) is 7.50. The Morgan fingerprint density at radius 3 is 2.56 bits per heavy atom. The van der Waals surface area contributed by atoms with Crippen LogP contribution in [-0.2, 0) is 4.79 Å². The maximum absolute atomic E-state index is 12.4. The molecule has 0 radical (unpaired) electrons. The Hall–Kier alpha value is -4.40. The highest BCUT2D eigenvalue weighted by molar-refractivity contribution is 6.00. The number of carbonyl (C=O) groups is 1. The van der Waals surface area contributed by atoms with E-state index in [2.05, 4.69) is 27.2 Å². The van der Waals surface area contributed by atoms with Crippen molar-refractivity contribution in [2.45, 2.75) is 18.9 Å². The minimum Gasteiger partial charge on any atom is -0.490 e. The molecule has 2 aromatic heterocycles. The quantitative estimate of drug-likeness (QED) is 0.405. The molecule has 4 aromatic rings. The second kappa shape index (κ2) is 7.69. The summed E-state index contributed by atoms with van der Waals surface area (Å²) in [5.74, 6) is 0.661. The monoisotopic (exact) mass is 428 g/mol. The van der Waals surface area contributed by atoms with E-state index < -0.39 is 5.56 Å². The molecule has 1 saturated carbocycles. The average molecular weight is 428 g/mol. The van der Waals surface area contributed by atoms with Gasteiger partial charge >= 0.3 is 0 Å². The molecule has 0 spiro atoms. The van der Waals surface area contributed by atoms with E-state index in [1.165, 1.54) is 6.08 Å². The van der Waals surface area contributed by atoms with Gasteiger partial charge in [-0.25, -0.2) is 9.78 Å². The van der Waals surface area contributed by atoms with E-state index in [9.17, 15) is 9.59 Å². The van der Waals surface area contributed by atoms with Crippen molar-refractivity contribution in [3.05, 3.63) is 71.5 Å². The van der Waals surface area contributed by atoms with Crippen LogP contribution in [0.4, 0.5) is 11.5 Å². The number of ether oxygens (including phenoxy) is 1. The zero-order chi connectivity index (χ0) is 22.2. The van der Waals surface area contributed by atoms with E-state index in [1.54, 1.807) is 28.9 Å². The minimum atomic E-state index is -0.433. The summed E-state index contributed by atoms with van der Waals surface area (Å²) in [6.07, 6.45) is 3.65. The molecule has 4 N–H and O–H groups in total. The second-order valence-electron chi connectivity index (χ2n) is 7.50. The van der Waals surface area contributed by atoms with Gasteiger partial charge in [0.25, 0.3) is 5.56 Å². The van der Waals surface area contributed by atoms with Crippen LogP contribution in [0.15, 0.2) is 66.0 Å². The predicted molar refractivity (Wildman–Crippen MR) is 122 cm³/mol. The molecule has 2 heterocycles. The first kappa shape index (κ1) is 19.6. The number of aromatic amines is 1. The van der Waals surface area contributed by atoms with E-state index in [0.717, 1.165) is 24.2 Å². The van der Waals surface area contributed by atoms with Crippen molar-refractivity contribution in [1.29, 1.82) is 0 Å². The summed E-state index contributed by atoms with van der Waals surface area (Å²) in [5, 5.41) is 14.0. The van der Waals surface area contributed by atoms with Crippen molar-refractivity contribution in [3.8, 4) is 22.7 Å². The lowest BCUT2D eigenvalue weighted by Gasteiger charge is -2.11. The van der Waals surface area contributed by atoms with Gasteiger partial charge in [0, 0.05) is 11.3 Å². The summed E-state index contributed by atoms with van der Waals surface area (Å²) >= 11 is 0. The third-order valence-electron chi connectivity index (χ3n) is 5.15. The molecule has 0 unspecified atom stereocenters. The summed E-state index contributed by atoms with van der Waals surface area (Å²) < 4.78 is 7.49. The summed E-state index contributed by atoms with van der Waals surface area (Å²) in [6, 6.07) is 14.7. The number of hydrogen-bond acceptors (Lipinski definition) is 6. The number of aromatic nitrogens is 4. The number of carbonyl (C=O) groups excluding carboxylic acids is 1. The van der Waals surface area contributed by atoms with Gasteiger partial charge in [-0.2, -0.15) is 10.2 Å². The Morgan fingerprint density at radius 1 is 1.19 bits per heavy atom. The first-order chi connectivity index (χ1) is 15.5. The number of benzene rings is 2.